The van der Waals surface area contributed by atoms with Crippen LogP contribution >= 0.6 is 23.2 Å². The zero-order valence-electron chi connectivity index (χ0n) is 13.0. The summed E-state index contributed by atoms with van der Waals surface area (Å²) in [6, 6.07) is 9.29. The fraction of sp³-hybridized carbons (Fsp3) is 0.0556. The Hall–Kier alpha value is -2.63. The lowest BCUT2D eigenvalue weighted by Gasteiger charge is -2.05. The number of H-pyrrole nitrogens is 1. The van der Waals surface area contributed by atoms with Crippen molar-refractivity contribution in [2.75, 3.05) is 5.32 Å². The predicted molar refractivity (Wildman–Crippen MR) is 101 cm³/mol. The summed E-state index contributed by atoms with van der Waals surface area (Å²) in [5.41, 5.74) is 3.81. The zero-order valence-corrected chi connectivity index (χ0v) is 14.5. The number of nitrogens with one attached hydrogen (secondary N) is 2. The standard InChI is InChI=1S/C18H13Cl2N5/c19-13-1-3-15(4-2-13)25-18-23-7-11(8-24-18)5-12-9-21-17-16(12)6-14(20)10-22-17/h1-4,6-10H,5H2,(H,21,22)(H,23,24,25). The Morgan fingerprint density at radius 3 is 2.44 bits per heavy atom. The maximum Gasteiger partial charge on any atom is 0.227 e. The number of nitrogens with zero attached hydrogens (tertiary/aromatic N) is 3. The van der Waals surface area contributed by atoms with Crippen molar-refractivity contribution >= 4 is 45.9 Å². The molecule has 2 N–H and O–H groups in total. The van der Waals surface area contributed by atoms with E-state index >= 15 is 0 Å². The summed E-state index contributed by atoms with van der Waals surface area (Å²) in [5, 5.41) is 5.46. The lowest BCUT2D eigenvalue weighted by atomic mass is 10.1. The monoisotopic (exact) mass is 369 g/mol. The van der Waals surface area contributed by atoms with Gasteiger partial charge >= 0.3 is 0 Å². The van der Waals surface area contributed by atoms with E-state index in [4.69, 9.17) is 23.2 Å². The van der Waals surface area contributed by atoms with Crippen LogP contribution in [0.3, 0.4) is 0 Å². The molecule has 0 atom stereocenters. The maximum absolute atomic E-state index is 6.04. The second kappa shape index (κ2) is 6.70. The van der Waals surface area contributed by atoms with Crippen LogP contribution in [-0.4, -0.2) is 19.9 Å². The van der Waals surface area contributed by atoms with Crippen LogP contribution in [0.5, 0.6) is 0 Å². The third-order valence-electron chi connectivity index (χ3n) is 3.78. The molecule has 0 aliphatic heterocycles. The maximum atomic E-state index is 6.04. The molecule has 4 aromatic rings. The molecule has 3 aromatic heterocycles. The highest BCUT2D eigenvalue weighted by atomic mass is 35.5. The average Bonchev–Trinajstić information content (AvgIpc) is 3.01. The largest absolute Gasteiger partial charge is 0.346 e. The summed E-state index contributed by atoms with van der Waals surface area (Å²) in [6.45, 7) is 0. The van der Waals surface area contributed by atoms with Gasteiger partial charge in [-0.3, -0.25) is 0 Å². The van der Waals surface area contributed by atoms with Crippen molar-refractivity contribution < 1.29 is 0 Å². The molecule has 4 rings (SSSR count). The Morgan fingerprint density at radius 2 is 1.68 bits per heavy atom. The SMILES string of the molecule is Clc1ccc(Nc2ncc(Cc3c[nH]c4ncc(Cl)cc34)cn2)cc1. The molecule has 0 aliphatic carbocycles. The molecule has 0 bridgehead atoms. The molecule has 25 heavy (non-hydrogen) atoms. The zero-order chi connectivity index (χ0) is 17.2. The van der Waals surface area contributed by atoms with Crippen LogP contribution in [0.4, 0.5) is 11.6 Å². The summed E-state index contributed by atoms with van der Waals surface area (Å²) in [5.74, 6) is 0.537. The van der Waals surface area contributed by atoms with Crippen LogP contribution in [0.1, 0.15) is 11.1 Å². The minimum absolute atomic E-state index is 0.537. The van der Waals surface area contributed by atoms with E-state index in [1.54, 1.807) is 6.20 Å². The Kier molecular flexibility index (Phi) is 4.26. The molecule has 1 aromatic carbocycles. The number of hydrogen-bond donors (Lipinski definition) is 2. The Labute approximate surface area is 154 Å². The molecule has 0 saturated heterocycles. The number of hydrogen-bond acceptors (Lipinski definition) is 4. The van der Waals surface area contributed by atoms with Gasteiger partial charge in [-0.15, -0.1) is 0 Å². The van der Waals surface area contributed by atoms with E-state index in [0.29, 0.717) is 22.4 Å². The molecule has 0 amide bonds. The normalized spacial score (nSPS) is 11.0. The third-order valence-corrected chi connectivity index (χ3v) is 4.24. The van der Waals surface area contributed by atoms with Crippen molar-refractivity contribution in [3.05, 3.63) is 76.3 Å². The highest BCUT2D eigenvalue weighted by Crippen LogP contribution is 2.23. The van der Waals surface area contributed by atoms with Crippen molar-refractivity contribution in [3.63, 3.8) is 0 Å². The minimum atomic E-state index is 0.537. The first-order chi connectivity index (χ1) is 12.2. The average molecular weight is 370 g/mol. The molecule has 0 radical (unpaired) electrons. The quantitative estimate of drug-likeness (QED) is 0.531. The number of aromatic nitrogens is 4. The molecule has 0 spiro atoms. The van der Waals surface area contributed by atoms with Crippen LogP contribution in [0.2, 0.25) is 10.0 Å². The molecule has 5 nitrogen and oxygen atoms in total. The second-order valence-electron chi connectivity index (χ2n) is 5.59. The summed E-state index contributed by atoms with van der Waals surface area (Å²) < 4.78 is 0. The van der Waals surface area contributed by atoms with E-state index < -0.39 is 0 Å². The van der Waals surface area contributed by atoms with E-state index in [0.717, 1.165) is 27.8 Å². The molecular weight excluding hydrogens is 357 g/mol. The van der Waals surface area contributed by atoms with Gasteiger partial charge in [-0.25, -0.2) is 15.0 Å². The molecule has 0 fully saturated rings. The van der Waals surface area contributed by atoms with Gasteiger partial charge in [0.15, 0.2) is 0 Å². The van der Waals surface area contributed by atoms with E-state index in [9.17, 15) is 0 Å². The van der Waals surface area contributed by atoms with Gasteiger partial charge < -0.3 is 10.3 Å². The third kappa shape index (κ3) is 3.57. The van der Waals surface area contributed by atoms with Crippen LogP contribution < -0.4 is 5.32 Å². The fourth-order valence-corrected chi connectivity index (χ4v) is 2.86. The van der Waals surface area contributed by atoms with Crippen molar-refractivity contribution in [1.82, 2.24) is 19.9 Å². The lowest BCUT2D eigenvalue weighted by molar-refractivity contribution is 1.08. The first-order valence-electron chi connectivity index (χ1n) is 7.62. The van der Waals surface area contributed by atoms with E-state index in [1.807, 2.05) is 48.9 Å². The Bertz CT molecular complexity index is 1010. The van der Waals surface area contributed by atoms with Gasteiger partial charge in [0.1, 0.15) is 5.65 Å². The molecule has 0 aliphatic rings. The van der Waals surface area contributed by atoms with Gasteiger partial charge in [-0.1, -0.05) is 23.2 Å². The summed E-state index contributed by atoms with van der Waals surface area (Å²) in [7, 11) is 0. The van der Waals surface area contributed by atoms with Crippen molar-refractivity contribution in [2.45, 2.75) is 6.42 Å². The van der Waals surface area contributed by atoms with Crippen molar-refractivity contribution in [2.24, 2.45) is 0 Å². The van der Waals surface area contributed by atoms with Gasteiger partial charge in [0, 0.05) is 47.3 Å². The predicted octanol–water partition coefficient (Wildman–Crippen LogP) is 4.99. The Morgan fingerprint density at radius 1 is 0.920 bits per heavy atom. The van der Waals surface area contributed by atoms with Gasteiger partial charge in [0.05, 0.1) is 5.02 Å². The van der Waals surface area contributed by atoms with E-state index in [2.05, 4.69) is 25.3 Å². The number of pyridine rings is 1. The number of aromatic amines is 1. The van der Waals surface area contributed by atoms with E-state index in [-0.39, 0.29) is 0 Å². The second-order valence-corrected chi connectivity index (χ2v) is 6.46. The number of benzene rings is 1. The fourth-order valence-electron chi connectivity index (χ4n) is 2.57. The van der Waals surface area contributed by atoms with Crippen LogP contribution in [-0.2, 0) is 6.42 Å². The van der Waals surface area contributed by atoms with Crippen molar-refractivity contribution in [3.8, 4) is 0 Å². The first kappa shape index (κ1) is 15.9. The number of rotatable bonds is 4. The molecule has 7 heteroatoms. The Balaban J connectivity index is 1.51. The number of halogens is 2. The number of fused-ring (bicyclic) bond motifs is 1. The summed E-state index contributed by atoms with van der Waals surface area (Å²) in [6.07, 6.45) is 7.88. The summed E-state index contributed by atoms with van der Waals surface area (Å²) >= 11 is 11.9. The van der Waals surface area contributed by atoms with E-state index in [1.165, 1.54) is 0 Å². The van der Waals surface area contributed by atoms with Crippen molar-refractivity contribution in [1.29, 1.82) is 0 Å². The van der Waals surface area contributed by atoms with Gasteiger partial charge in [-0.2, -0.15) is 0 Å². The lowest BCUT2D eigenvalue weighted by Crippen LogP contribution is -1.98. The van der Waals surface area contributed by atoms with Crippen LogP contribution in [0.15, 0.2) is 55.1 Å². The smallest absolute Gasteiger partial charge is 0.227 e. The molecule has 0 unspecified atom stereocenters. The van der Waals surface area contributed by atoms with Gasteiger partial charge in [-0.05, 0) is 41.5 Å². The highest BCUT2D eigenvalue weighted by Gasteiger charge is 2.07. The summed E-state index contributed by atoms with van der Waals surface area (Å²) in [4.78, 5) is 16.2. The van der Waals surface area contributed by atoms with Gasteiger partial charge in [0.2, 0.25) is 5.95 Å². The minimum Gasteiger partial charge on any atom is -0.346 e. The molecular formula is C18H13Cl2N5. The topological polar surface area (TPSA) is 66.5 Å². The highest BCUT2D eigenvalue weighted by molar-refractivity contribution is 6.31. The first-order valence-corrected chi connectivity index (χ1v) is 8.38. The molecule has 3 heterocycles. The van der Waals surface area contributed by atoms with Crippen LogP contribution in [0, 0.1) is 0 Å². The van der Waals surface area contributed by atoms with Gasteiger partial charge in [0.25, 0.3) is 0 Å². The van der Waals surface area contributed by atoms with Crippen LogP contribution in [0.25, 0.3) is 11.0 Å². The number of anilines is 2. The molecule has 0 saturated carbocycles. The molecule has 124 valence electrons.